The molecule has 0 fully saturated rings. The summed E-state index contributed by atoms with van der Waals surface area (Å²) in [5.41, 5.74) is 3.21. The number of ketones is 1. The molecule has 0 bridgehead atoms. The maximum absolute atomic E-state index is 12.8. The molecule has 0 amide bonds. The van der Waals surface area contributed by atoms with Gasteiger partial charge in [-0.1, -0.05) is 41.5 Å². The Morgan fingerprint density at radius 1 is 1.17 bits per heavy atom. The van der Waals surface area contributed by atoms with Crippen LogP contribution in [0.3, 0.4) is 0 Å². The number of hydrogen-bond acceptors (Lipinski definition) is 5. The number of nitrogens with zero attached hydrogens (tertiary/aromatic N) is 1. The van der Waals surface area contributed by atoms with Crippen LogP contribution in [0.4, 0.5) is 0 Å². The summed E-state index contributed by atoms with van der Waals surface area (Å²) >= 11 is 4.83. The number of carbonyl (C=O) groups excluding carboxylic acids is 1. The number of rotatable bonds is 5. The summed E-state index contributed by atoms with van der Waals surface area (Å²) in [5.74, 6) is 0.723. The monoisotopic (exact) mass is 340 g/mol. The summed E-state index contributed by atoms with van der Waals surface area (Å²) in [6.07, 6.45) is 0. The van der Waals surface area contributed by atoms with Crippen LogP contribution < -0.4 is 4.74 Å². The van der Waals surface area contributed by atoms with E-state index in [1.54, 1.807) is 6.07 Å². The molecule has 0 aliphatic carbocycles. The molecule has 0 saturated carbocycles. The summed E-state index contributed by atoms with van der Waals surface area (Å²) in [6.45, 7) is 4.00. The van der Waals surface area contributed by atoms with Crippen molar-refractivity contribution in [1.82, 2.24) is 10.2 Å². The second-order valence-corrected chi connectivity index (χ2v) is 5.86. The van der Waals surface area contributed by atoms with Crippen LogP contribution in [0.1, 0.15) is 32.9 Å². The van der Waals surface area contributed by atoms with Crippen molar-refractivity contribution in [3.8, 4) is 5.75 Å². The van der Waals surface area contributed by atoms with E-state index in [1.165, 1.54) is 0 Å². The van der Waals surface area contributed by atoms with Crippen molar-refractivity contribution in [2.24, 2.45) is 0 Å². The molecule has 0 atom stereocenters. The van der Waals surface area contributed by atoms with Crippen molar-refractivity contribution in [2.75, 3.05) is 0 Å². The van der Waals surface area contributed by atoms with Crippen LogP contribution >= 0.6 is 12.2 Å². The molecule has 0 spiro atoms. The number of benzene rings is 2. The number of aromatic nitrogens is 2. The van der Waals surface area contributed by atoms with E-state index in [0.717, 1.165) is 11.1 Å². The van der Waals surface area contributed by atoms with Gasteiger partial charge in [-0.3, -0.25) is 4.79 Å². The van der Waals surface area contributed by atoms with Gasteiger partial charge in [0.1, 0.15) is 5.75 Å². The Bertz CT molecular complexity index is 926. The Labute approximate surface area is 144 Å². The maximum Gasteiger partial charge on any atom is 0.284 e. The zero-order chi connectivity index (χ0) is 17.1. The maximum atomic E-state index is 12.8. The smallest absolute Gasteiger partial charge is 0.284 e. The SMILES string of the molecule is Cc1ccc(C(=O)c2cc(C)ccc2OCc2n[nH]c(=S)o2)cc1. The van der Waals surface area contributed by atoms with E-state index in [-0.39, 0.29) is 17.2 Å². The van der Waals surface area contributed by atoms with Gasteiger partial charge in [0.2, 0.25) is 0 Å². The van der Waals surface area contributed by atoms with Crippen LogP contribution in [-0.4, -0.2) is 16.0 Å². The average Bonchev–Trinajstić information content (AvgIpc) is 2.99. The number of aromatic amines is 1. The summed E-state index contributed by atoms with van der Waals surface area (Å²) in [4.78, 5) is 13.0. The van der Waals surface area contributed by atoms with Gasteiger partial charge in [-0.25, -0.2) is 5.10 Å². The van der Waals surface area contributed by atoms with Gasteiger partial charge in [0.25, 0.3) is 10.7 Å². The second kappa shape index (κ2) is 6.80. The molecule has 0 saturated heterocycles. The first kappa shape index (κ1) is 16.1. The molecule has 1 heterocycles. The highest BCUT2D eigenvalue weighted by molar-refractivity contribution is 7.71. The molecule has 1 aromatic heterocycles. The molecular formula is C18H16N2O3S. The van der Waals surface area contributed by atoms with Gasteiger partial charge >= 0.3 is 0 Å². The van der Waals surface area contributed by atoms with Gasteiger partial charge in [0, 0.05) is 5.56 Å². The fourth-order valence-electron chi connectivity index (χ4n) is 2.27. The van der Waals surface area contributed by atoms with E-state index in [4.69, 9.17) is 21.4 Å². The molecule has 24 heavy (non-hydrogen) atoms. The molecule has 1 N–H and O–H groups in total. The second-order valence-electron chi connectivity index (χ2n) is 5.49. The Hall–Kier alpha value is -2.73. The topological polar surface area (TPSA) is 68.1 Å². The third-order valence-electron chi connectivity index (χ3n) is 3.53. The summed E-state index contributed by atoms with van der Waals surface area (Å²) in [7, 11) is 0. The number of H-pyrrole nitrogens is 1. The molecule has 0 aliphatic rings. The first-order valence-electron chi connectivity index (χ1n) is 7.42. The highest BCUT2D eigenvalue weighted by Gasteiger charge is 2.16. The normalized spacial score (nSPS) is 10.6. The predicted octanol–water partition coefficient (Wildman–Crippen LogP) is 4.16. The van der Waals surface area contributed by atoms with Crippen LogP contribution in [0.15, 0.2) is 46.9 Å². The average molecular weight is 340 g/mol. The van der Waals surface area contributed by atoms with Crippen LogP contribution in [-0.2, 0) is 6.61 Å². The lowest BCUT2D eigenvalue weighted by Gasteiger charge is -2.11. The molecule has 0 radical (unpaired) electrons. The lowest BCUT2D eigenvalue weighted by Crippen LogP contribution is -2.06. The lowest BCUT2D eigenvalue weighted by molar-refractivity contribution is 0.103. The fourth-order valence-corrected chi connectivity index (χ4v) is 2.41. The van der Waals surface area contributed by atoms with Gasteiger partial charge in [0.15, 0.2) is 12.4 Å². The van der Waals surface area contributed by atoms with Gasteiger partial charge in [0.05, 0.1) is 5.56 Å². The standard InChI is InChI=1S/C18H16N2O3S/c1-11-3-6-13(7-4-11)17(21)14-9-12(2)5-8-15(14)22-10-16-19-20-18(24)23-16/h3-9H,10H2,1-2H3,(H,20,24). The fraction of sp³-hybridized carbons (Fsp3) is 0.167. The summed E-state index contributed by atoms with van der Waals surface area (Å²) in [6, 6.07) is 12.9. The number of ether oxygens (including phenoxy) is 1. The Morgan fingerprint density at radius 3 is 2.54 bits per heavy atom. The molecular weight excluding hydrogens is 324 g/mol. The van der Waals surface area contributed by atoms with Crippen LogP contribution in [0.5, 0.6) is 5.75 Å². The largest absolute Gasteiger partial charge is 0.483 e. The van der Waals surface area contributed by atoms with Crippen molar-refractivity contribution < 1.29 is 13.9 Å². The highest BCUT2D eigenvalue weighted by Crippen LogP contribution is 2.24. The zero-order valence-electron chi connectivity index (χ0n) is 13.3. The Morgan fingerprint density at radius 2 is 1.88 bits per heavy atom. The molecule has 2 aromatic carbocycles. The molecule has 5 nitrogen and oxygen atoms in total. The van der Waals surface area contributed by atoms with Gasteiger partial charge in [-0.2, -0.15) is 0 Å². The van der Waals surface area contributed by atoms with Crippen molar-refractivity contribution in [3.05, 3.63) is 75.4 Å². The minimum atomic E-state index is -0.0865. The molecule has 6 heteroatoms. The molecule has 3 aromatic rings. The third-order valence-corrected chi connectivity index (χ3v) is 3.70. The molecule has 3 rings (SSSR count). The van der Waals surface area contributed by atoms with E-state index in [2.05, 4.69) is 10.2 Å². The van der Waals surface area contributed by atoms with E-state index in [9.17, 15) is 4.79 Å². The van der Waals surface area contributed by atoms with Crippen molar-refractivity contribution in [2.45, 2.75) is 20.5 Å². The summed E-state index contributed by atoms with van der Waals surface area (Å²) < 4.78 is 10.9. The predicted molar refractivity (Wildman–Crippen MR) is 91.8 cm³/mol. The number of aryl methyl sites for hydroxylation is 2. The van der Waals surface area contributed by atoms with E-state index in [1.807, 2.05) is 50.2 Å². The van der Waals surface area contributed by atoms with Crippen LogP contribution in [0.25, 0.3) is 0 Å². The van der Waals surface area contributed by atoms with E-state index >= 15 is 0 Å². The van der Waals surface area contributed by atoms with Crippen molar-refractivity contribution in [1.29, 1.82) is 0 Å². The van der Waals surface area contributed by atoms with Gasteiger partial charge in [-0.15, -0.1) is 5.10 Å². The van der Waals surface area contributed by atoms with Crippen molar-refractivity contribution >= 4 is 18.0 Å². The van der Waals surface area contributed by atoms with E-state index < -0.39 is 0 Å². The molecule has 0 unspecified atom stereocenters. The minimum Gasteiger partial charge on any atom is -0.483 e. The quantitative estimate of drug-likeness (QED) is 0.558. The van der Waals surface area contributed by atoms with Crippen LogP contribution in [0, 0.1) is 18.7 Å². The van der Waals surface area contributed by atoms with Gasteiger partial charge < -0.3 is 9.15 Å². The highest BCUT2D eigenvalue weighted by atomic mass is 32.1. The van der Waals surface area contributed by atoms with Crippen LogP contribution in [0.2, 0.25) is 0 Å². The lowest BCUT2D eigenvalue weighted by atomic mass is 10.00. The minimum absolute atomic E-state index is 0.0865. The summed E-state index contributed by atoms with van der Waals surface area (Å²) in [5, 5.41) is 6.42. The van der Waals surface area contributed by atoms with E-state index in [0.29, 0.717) is 22.8 Å². The third kappa shape index (κ3) is 3.60. The molecule has 0 aliphatic heterocycles. The Kier molecular flexibility index (Phi) is 4.57. The van der Waals surface area contributed by atoms with Gasteiger partial charge in [-0.05, 0) is 38.2 Å². The molecule has 122 valence electrons. The Balaban J connectivity index is 1.88. The number of nitrogens with one attached hydrogen (secondary N) is 1. The first-order valence-corrected chi connectivity index (χ1v) is 7.83. The first-order chi connectivity index (χ1) is 11.5. The number of hydrogen-bond donors (Lipinski definition) is 1. The van der Waals surface area contributed by atoms with Crippen molar-refractivity contribution in [3.63, 3.8) is 0 Å². The zero-order valence-corrected chi connectivity index (χ0v) is 14.1. The number of carbonyl (C=O) groups is 1.